The van der Waals surface area contributed by atoms with Crippen LogP contribution < -0.4 is 0 Å². The van der Waals surface area contributed by atoms with Gasteiger partial charge in [-0.1, -0.05) is 152 Å². The van der Waals surface area contributed by atoms with Crippen molar-refractivity contribution in [3.8, 4) is 33.4 Å². The van der Waals surface area contributed by atoms with Gasteiger partial charge in [0.05, 0.1) is 0 Å². The molecule has 0 radical (unpaired) electrons. The molecule has 0 unspecified atom stereocenters. The summed E-state index contributed by atoms with van der Waals surface area (Å²) in [6.07, 6.45) is 0. The minimum absolute atomic E-state index is 1.23. The highest BCUT2D eigenvalue weighted by Crippen LogP contribution is 2.47. The average Bonchev–Trinajstić information content (AvgIpc) is 3.75. The Morgan fingerprint density at radius 3 is 1.36 bits per heavy atom. The van der Waals surface area contributed by atoms with Crippen molar-refractivity contribution in [3.05, 3.63) is 170 Å². The van der Waals surface area contributed by atoms with Gasteiger partial charge in [-0.15, -0.1) is 22.7 Å². The van der Waals surface area contributed by atoms with Crippen molar-refractivity contribution < 1.29 is 0 Å². The molecule has 0 nitrogen and oxygen atoms in total. The smallest absolute Gasteiger partial charge is 0.0448 e. The lowest BCUT2D eigenvalue weighted by molar-refractivity contribution is 1.63. The van der Waals surface area contributed by atoms with E-state index in [1.54, 1.807) is 0 Å². The molecule has 0 atom stereocenters. The highest BCUT2D eigenvalue weighted by atomic mass is 32.1. The second-order valence-corrected chi connectivity index (χ2v) is 15.3. The summed E-state index contributed by atoms with van der Waals surface area (Å²) in [6.45, 7) is 0. The predicted molar refractivity (Wildman–Crippen MR) is 221 cm³/mol. The summed E-state index contributed by atoms with van der Waals surface area (Å²) in [5.41, 5.74) is 7.56. The van der Waals surface area contributed by atoms with Crippen molar-refractivity contribution in [1.82, 2.24) is 0 Å². The van der Waals surface area contributed by atoms with Crippen molar-refractivity contribution in [1.29, 1.82) is 0 Å². The second kappa shape index (κ2) is 10.9. The highest BCUT2D eigenvalue weighted by molar-refractivity contribution is 7.29. The highest BCUT2D eigenvalue weighted by Gasteiger charge is 2.18. The molecule has 0 spiro atoms. The molecule has 11 rings (SSSR count). The maximum absolute atomic E-state index is 2.40. The third kappa shape index (κ3) is 4.10. The Labute approximate surface area is 297 Å². The molecule has 11 aromatic rings. The van der Waals surface area contributed by atoms with Gasteiger partial charge in [-0.25, -0.2) is 0 Å². The van der Waals surface area contributed by atoms with Crippen molar-refractivity contribution in [2.45, 2.75) is 0 Å². The Hall–Kier alpha value is -5.80. The van der Waals surface area contributed by atoms with Crippen LogP contribution in [0.15, 0.2) is 170 Å². The van der Waals surface area contributed by atoms with Gasteiger partial charge < -0.3 is 0 Å². The molecule has 0 amide bonds. The molecule has 0 aliphatic carbocycles. The van der Waals surface area contributed by atoms with Crippen LogP contribution in [0.1, 0.15) is 0 Å². The van der Waals surface area contributed by atoms with E-state index in [-0.39, 0.29) is 0 Å². The summed E-state index contributed by atoms with van der Waals surface area (Å²) >= 11 is 3.85. The normalized spacial score (nSPS) is 12.0. The van der Waals surface area contributed by atoms with E-state index in [0.29, 0.717) is 0 Å². The van der Waals surface area contributed by atoms with Gasteiger partial charge in [0.1, 0.15) is 0 Å². The summed E-state index contributed by atoms with van der Waals surface area (Å²) in [7, 11) is 0. The van der Waals surface area contributed by atoms with Gasteiger partial charge in [-0.3, -0.25) is 0 Å². The quantitative estimate of drug-likeness (QED) is 0.164. The maximum Gasteiger partial charge on any atom is 0.0448 e. The third-order valence-corrected chi connectivity index (χ3v) is 12.9. The van der Waals surface area contributed by atoms with Crippen LogP contribution in [0.25, 0.3) is 106 Å². The van der Waals surface area contributed by atoms with Gasteiger partial charge in [-0.2, -0.15) is 0 Å². The number of hydrogen-bond donors (Lipinski definition) is 0. The van der Waals surface area contributed by atoms with Crippen LogP contribution >= 0.6 is 22.7 Å². The number of benzene rings is 9. The van der Waals surface area contributed by atoms with Crippen molar-refractivity contribution in [3.63, 3.8) is 0 Å². The van der Waals surface area contributed by atoms with Crippen LogP contribution in [-0.2, 0) is 0 Å². The molecule has 0 aliphatic rings. The average molecular weight is 669 g/mol. The lowest BCUT2D eigenvalue weighted by atomic mass is 9.86. The second-order valence-electron chi connectivity index (χ2n) is 13.2. The molecule has 0 bridgehead atoms. The first-order valence-electron chi connectivity index (χ1n) is 17.1. The first kappa shape index (κ1) is 28.1. The van der Waals surface area contributed by atoms with Gasteiger partial charge in [0.15, 0.2) is 0 Å². The molecule has 2 heterocycles. The zero-order valence-corrected chi connectivity index (χ0v) is 28.6. The fraction of sp³-hybridized carbons (Fsp3) is 0. The SMILES string of the molecule is c1ccc(-c2c3ccccc3c(-c3ccc(-c4ccc5sc6c(ccc7ccc8c9ccccc9sc8c76)c5c4)cc3)c3ccccc23)cc1. The molecular weight excluding hydrogens is 641 g/mol. The molecule has 50 heavy (non-hydrogen) atoms. The molecule has 0 saturated carbocycles. The van der Waals surface area contributed by atoms with E-state index < -0.39 is 0 Å². The van der Waals surface area contributed by atoms with Crippen LogP contribution in [0, 0.1) is 0 Å². The standard InChI is InChI=1S/C48H28S2/c1-2-10-30(11-3-1)44-35-13-4-6-15-37(35)45(38-16-7-5-14-36(38)44)31-20-18-29(19-21-31)33-24-27-43-41(28-33)40-26-23-32-22-25-39-34-12-8-9-17-42(34)49-47(39)46(32)48(40)50-43/h1-28H. The number of fused-ring (bicyclic) bond motifs is 11. The Morgan fingerprint density at radius 2 is 0.740 bits per heavy atom. The monoisotopic (exact) mass is 668 g/mol. The third-order valence-electron chi connectivity index (χ3n) is 10.5. The molecule has 0 N–H and O–H groups in total. The Bertz CT molecular complexity index is 3070. The minimum Gasteiger partial charge on any atom is -0.134 e. The van der Waals surface area contributed by atoms with E-state index in [9.17, 15) is 0 Å². The summed E-state index contributed by atoms with van der Waals surface area (Å²) in [5.74, 6) is 0. The lowest BCUT2D eigenvalue weighted by Crippen LogP contribution is -1.90. The molecule has 2 aromatic heterocycles. The van der Waals surface area contributed by atoms with Crippen LogP contribution in [0.4, 0.5) is 0 Å². The van der Waals surface area contributed by atoms with Crippen molar-refractivity contribution >= 4 is 95.3 Å². The molecule has 0 saturated heterocycles. The van der Waals surface area contributed by atoms with E-state index in [2.05, 4.69) is 170 Å². The van der Waals surface area contributed by atoms with Crippen molar-refractivity contribution in [2.75, 3.05) is 0 Å². The van der Waals surface area contributed by atoms with E-state index in [1.165, 1.54) is 106 Å². The van der Waals surface area contributed by atoms with E-state index >= 15 is 0 Å². The summed E-state index contributed by atoms with van der Waals surface area (Å²) in [6, 6.07) is 62.9. The summed E-state index contributed by atoms with van der Waals surface area (Å²) in [5, 5.41) is 13.2. The number of hydrogen-bond acceptors (Lipinski definition) is 2. The van der Waals surface area contributed by atoms with Gasteiger partial charge in [-0.05, 0) is 78.5 Å². The molecular formula is C48H28S2. The summed E-state index contributed by atoms with van der Waals surface area (Å²) in [4.78, 5) is 0. The van der Waals surface area contributed by atoms with Gasteiger partial charge in [0.25, 0.3) is 0 Å². The molecule has 0 fully saturated rings. The largest absolute Gasteiger partial charge is 0.134 e. The van der Waals surface area contributed by atoms with E-state index in [1.807, 2.05) is 22.7 Å². The lowest BCUT2D eigenvalue weighted by Gasteiger charge is -2.18. The van der Waals surface area contributed by atoms with Crippen LogP contribution in [0.5, 0.6) is 0 Å². The molecule has 2 heteroatoms. The molecule has 9 aromatic carbocycles. The van der Waals surface area contributed by atoms with Crippen LogP contribution in [-0.4, -0.2) is 0 Å². The Kier molecular flexibility index (Phi) is 6.09. The fourth-order valence-electron chi connectivity index (χ4n) is 8.18. The van der Waals surface area contributed by atoms with Crippen molar-refractivity contribution in [2.24, 2.45) is 0 Å². The fourth-order valence-corrected chi connectivity index (χ4v) is 10.8. The predicted octanol–water partition coefficient (Wildman–Crippen LogP) is 14.9. The van der Waals surface area contributed by atoms with Gasteiger partial charge in [0, 0.05) is 45.7 Å². The zero-order chi connectivity index (χ0) is 32.8. The molecule has 0 aliphatic heterocycles. The van der Waals surface area contributed by atoms with Crippen LogP contribution in [0.3, 0.4) is 0 Å². The first-order chi connectivity index (χ1) is 24.8. The topological polar surface area (TPSA) is 0 Å². The molecule has 232 valence electrons. The maximum atomic E-state index is 2.40. The Balaban J connectivity index is 1.06. The minimum atomic E-state index is 1.23. The van der Waals surface area contributed by atoms with Crippen LogP contribution in [0.2, 0.25) is 0 Å². The Morgan fingerprint density at radius 1 is 0.280 bits per heavy atom. The van der Waals surface area contributed by atoms with Gasteiger partial charge in [0.2, 0.25) is 0 Å². The first-order valence-corrected chi connectivity index (χ1v) is 18.7. The number of rotatable bonds is 3. The summed E-state index contributed by atoms with van der Waals surface area (Å²) < 4.78 is 5.47. The van der Waals surface area contributed by atoms with Gasteiger partial charge >= 0.3 is 0 Å². The van der Waals surface area contributed by atoms with E-state index in [4.69, 9.17) is 0 Å². The zero-order valence-electron chi connectivity index (χ0n) is 27.0. The number of thiophene rings is 2. The van der Waals surface area contributed by atoms with E-state index in [0.717, 1.165) is 0 Å².